The van der Waals surface area contributed by atoms with Crippen molar-refractivity contribution in [2.75, 3.05) is 6.61 Å². The molecule has 0 fully saturated rings. The molecule has 4 aromatic heterocycles. The average Bonchev–Trinajstić information content (AvgIpc) is 3.12. The number of furan rings is 1. The quantitative estimate of drug-likeness (QED) is 0.568. The zero-order valence-electron chi connectivity index (χ0n) is 13.3. The normalized spacial score (nSPS) is 11.4. The summed E-state index contributed by atoms with van der Waals surface area (Å²) in [7, 11) is 0. The highest BCUT2D eigenvalue weighted by Gasteiger charge is 2.10. The number of hydrogen-bond acceptors (Lipinski definition) is 5. The summed E-state index contributed by atoms with van der Waals surface area (Å²) in [5, 5.41) is 9.79. The van der Waals surface area contributed by atoms with Crippen LogP contribution in [0.5, 0.6) is 0 Å². The van der Waals surface area contributed by atoms with Gasteiger partial charge in [0.2, 0.25) is 0 Å². The lowest BCUT2D eigenvalue weighted by molar-refractivity contribution is 0.274. The van der Waals surface area contributed by atoms with Crippen molar-refractivity contribution in [3.63, 3.8) is 0 Å². The summed E-state index contributed by atoms with van der Waals surface area (Å²) < 4.78 is 8.20. The van der Waals surface area contributed by atoms with Crippen molar-refractivity contribution in [3.05, 3.63) is 75.5 Å². The Morgan fingerprint density at radius 2 is 1.68 bits per heavy atom. The molecule has 7 heteroatoms. The molecule has 0 saturated heterocycles. The van der Waals surface area contributed by atoms with Gasteiger partial charge in [0.25, 0.3) is 11.1 Å². The van der Waals surface area contributed by atoms with Crippen LogP contribution in [-0.4, -0.2) is 25.8 Å². The molecule has 4 rings (SSSR count). The molecule has 4 aromatic rings. The fourth-order valence-corrected chi connectivity index (χ4v) is 2.88. The van der Waals surface area contributed by atoms with Crippen molar-refractivity contribution in [1.82, 2.24) is 14.1 Å². The van der Waals surface area contributed by atoms with E-state index >= 15 is 0 Å². The molecule has 0 radical (unpaired) electrons. The van der Waals surface area contributed by atoms with Crippen molar-refractivity contribution in [2.45, 2.75) is 13.1 Å². The lowest BCUT2D eigenvalue weighted by Gasteiger charge is -2.08. The zero-order valence-corrected chi connectivity index (χ0v) is 13.3. The Bertz CT molecular complexity index is 1170. The summed E-state index contributed by atoms with van der Waals surface area (Å²) in [6.45, 7) is 0.371. The Balaban J connectivity index is 1.92. The van der Waals surface area contributed by atoms with E-state index < -0.39 is 0 Å². The average molecular weight is 337 g/mol. The molecule has 0 aliphatic rings. The Kier molecular flexibility index (Phi) is 3.70. The molecular weight excluding hydrogens is 322 g/mol. The predicted octanol–water partition coefficient (Wildman–Crippen LogP) is 1.34. The van der Waals surface area contributed by atoms with Crippen molar-refractivity contribution in [2.24, 2.45) is 0 Å². The molecule has 0 spiro atoms. The fourth-order valence-electron chi connectivity index (χ4n) is 2.88. The van der Waals surface area contributed by atoms with E-state index in [1.807, 2.05) is 0 Å². The summed E-state index contributed by atoms with van der Waals surface area (Å²) in [5.41, 5.74) is 0.546. The first kappa shape index (κ1) is 15.3. The highest BCUT2D eigenvalue weighted by atomic mass is 16.3. The highest BCUT2D eigenvalue weighted by Crippen LogP contribution is 2.14. The molecule has 0 aliphatic carbocycles. The van der Waals surface area contributed by atoms with Crippen LogP contribution in [-0.2, 0) is 13.1 Å². The second-order valence-corrected chi connectivity index (χ2v) is 5.72. The third-order valence-electron chi connectivity index (χ3n) is 4.14. The van der Waals surface area contributed by atoms with Crippen LogP contribution in [0.1, 0.15) is 5.76 Å². The first-order valence-electron chi connectivity index (χ1n) is 7.84. The van der Waals surface area contributed by atoms with E-state index in [4.69, 9.17) is 9.52 Å². The predicted molar refractivity (Wildman–Crippen MR) is 92.7 cm³/mol. The number of aliphatic hydroxyl groups excluding tert-OH is 1. The summed E-state index contributed by atoms with van der Waals surface area (Å²) >= 11 is 0. The lowest BCUT2D eigenvalue weighted by atomic mass is 10.2. The van der Waals surface area contributed by atoms with Gasteiger partial charge in [-0.1, -0.05) is 0 Å². The SMILES string of the molecule is O=c1c2cc3c(=O)n(Cc4ccco4)ccc3nc2ccn1CCO. The molecule has 0 atom stereocenters. The summed E-state index contributed by atoms with van der Waals surface area (Å²) in [6, 6.07) is 8.59. The number of hydrogen-bond donors (Lipinski definition) is 1. The standard InChI is InChI=1S/C18H15N3O4/c22-8-7-20-5-3-15-13(17(20)23)10-14-16(19-15)4-6-21(18(14)24)11-12-2-1-9-25-12/h1-6,9-10,22H,7-8,11H2. The minimum Gasteiger partial charge on any atom is -0.467 e. The molecule has 126 valence electrons. The molecule has 0 unspecified atom stereocenters. The third-order valence-corrected chi connectivity index (χ3v) is 4.14. The lowest BCUT2D eigenvalue weighted by Crippen LogP contribution is -2.23. The number of rotatable bonds is 4. The summed E-state index contributed by atoms with van der Waals surface area (Å²) in [4.78, 5) is 29.7. The molecule has 7 nitrogen and oxygen atoms in total. The van der Waals surface area contributed by atoms with E-state index in [1.54, 1.807) is 49.0 Å². The van der Waals surface area contributed by atoms with Gasteiger partial charge in [-0.2, -0.15) is 0 Å². The largest absolute Gasteiger partial charge is 0.467 e. The maximum Gasteiger partial charge on any atom is 0.260 e. The molecule has 1 N–H and O–H groups in total. The van der Waals surface area contributed by atoms with Gasteiger partial charge in [-0.15, -0.1) is 0 Å². The van der Waals surface area contributed by atoms with Crippen LogP contribution in [0.25, 0.3) is 21.8 Å². The summed E-state index contributed by atoms with van der Waals surface area (Å²) in [5.74, 6) is 0.667. The van der Waals surface area contributed by atoms with Crippen LogP contribution in [0.2, 0.25) is 0 Å². The molecular formula is C18H15N3O4. The van der Waals surface area contributed by atoms with Gasteiger partial charge in [0.15, 0.2) is 0 Å². The fraction of sp³-hybridized carbons (Fsp3) is 0.167. The van der Waals surface area contributed by atoms with Crippen LogP contribution in [0.3, 0.4) is 0 Å². The molecule has 0 aromatic carbocycles. The van der Waals surface area contributed by atoms with Gasteiger partial charge in [-0.05, 0) is 30.3 Å². The molecule has 0 bridgehead atoms. The van der Waals surface area contributed by atoms with E-state index in [-0.39, 0.29) is 24.3 Å². The minimum absolute atomic E-state index is 0.137. The maximum atomic E-state index is 12.8. The van der Waals surface area contributed by atoms with E-state index in [1.165, 1.54) is 9.13 Å². The maximum absolute atomic E-state index is 12.8. The van der Waals surface area contributed by atoms with Crippen LogP contribution < -0.4 is 11.1 Å². The Morgan fingerprint density at radius 3 is 2.32 bits per heavy atom. The smallest absolute Gasteiger partial charge is 0.260 e. The van der Waals surface area contributed by atoms with Gasteiger partial charge < -0.3 is 18.7 Å². The first-order valence-corrected chi connectivity index (χ1v) is 7.84. The van der Waals surface area contributed by atoms with Gasteiger partial charge >= 0.3 is 0 Å². The second kappa shape index (κ2) is 6.03. The number of aromatic nitrogens is 3. The monoisotopic (exact) mass is 337 g/mol. The molecule has 0 saturated carbocycles. The highest BCUT2D eigenvalue weighted by molar-refractivity contribution is 5.91. The number of aliphatic hydroxyl groups is 1. The van der Waals surface area contributed by atoms with Crippen LogP contribution in [0.15, 0.2) is 63.0 Å². The van der Waals surface area contributed by atoms with E-state index in [2.05, 4.69) is 4.98 Å². The van der Waals surface area contributed by atoms with Gasteiger partial charge in [-0.25, -0.2) is 4.98 Å². The van der Waals surface area contributed by atoms with Crippen LogP contribution in [0.4, 0.5) is 0 Å². The minimum atomic E-state index is -0.276. The Labute approximate surface area is 141 Å². The van der Waals surface area contributed by atoms with Crippen molar-refractivity contribution in [3.8, 4) is 0 Å². The van der Waals surface area contributed by atoms with Crippen molar-refractivity contribution >= 4 is 21.8 Å². The summed E-state index contributed by atoms with van der Waals surface area (Å²) in [6.07, 6.45) is 4.82. The third kappa shape index (κ3) is 2.64. The molecule has 0 aliphatic heterocycles. The first-order chi connectivity index (χ1) is 12.2. The van der Waals surface area contributed by atoms with E-state index in [0.29, 0.717) is 34.1 Å². The van der Waals surface area contributed by atoms with E-state index in [0.717, 1.165) is 0 Å². The Morgan fingerprint density at radius 1 is 1.00 bits per heavy atom. The van der Waals surface area contributed by atoms with Gasteiger partial charge in [0.05, 0.1) is 41.2 Å². The Hall–Kier alpha value is -3.19. The van der Waals surface area contributed by atoms with E-state index in [9.17, 15) is 9.59 Å². The second-order valence-electron chi connectivity index (χ2n) is 5.72. The number of pyridine rings is 3. The number of fused-ring (bicyclic) bond motifs is 2. The van der Waals surface area contributed by atoms with Crippen LogP contribution in [0, 0.1) is 0 Å². The van der Waals surface area contributed by atoms with Gasteiger partial charge in [0.1, 0.15) is 5.76 Å². The molecule has 0 amide bonds. The van der Waals surface area contributed by atoms with Crippen molar-refractivity contribution in [1.29, 1.82) is 0 Å². The molecule has 4 heterocycles. The molecule has 25 heavy (non-hydrogen) atoms. The van der Waals surface area contributed by atoms with Gasteiger partial charge in [0, 0.05) is 18.9 Å². The topological polar surface area (TPSA) is 90.3 Å². The van der Waals surface area contributed by atoms with Crippen molar-refractivity contribution < 1.29 is 9.52 Å². The van der Waals surface area contributed by atoms with Gasteiger partial charge in [-0.3, -0.25) is 9.59 Å². The zero-order chi connectivity index (χ0) is 17.4. The van der Waals surface area contributed by atoms with Crippen LogP contribution >= 0.6 is 0 Å². The number of nitrogens with zero attached hydrogens (tertiary/aromatic N) is 3.